The van der Waals surface area contributed by atoms with Gasteiger partial charge in [-0.15, -0.1) is 0 Å². The van der Waals surface area contributed by atoms with Gasteiger partial charge in [0, 0.05) is 31.2 Å². The highest BCUT2D eigenvalue weighted by Gasteiger charge is 2.35. The molecule has 8 nitrogen and oxygen atoms in total. The molecule has 1 aromatic heterocycles. The van der Waals surface area contributed by atoms with E-state index in [2.05, 4.69) is 5.32 Å². The van der Waals surface area contributed by atoms with E-state index in [1.54, 1.807) is 13.2 Å². The summed E-state index contributed by atoms with van der Waals surface area (Å²) in [6.45, 7) is 4.96. The van der Waals surface area contributed by atoms with Crippen molar-refractivity contribution in [3.8, 4) is 5.75 Å². The Hall–Kier alpha value is -3.65. The van der Waals surface area contributed by atoms with Gasteiger partial charge in [0.05, 0.1) is 23.8 Å². The molecule has 2 heterocycles. The van der Waals surface area contributed by atoms with E-state index in [0.29, 0.717) is 47.9 Å². The lowest BCUT2D eigenvalue weighted by Crippen LogP contribution is -2.31. The zero-order valence-corrected chi connectivity index (χ0v) is 18.8. The number of amides is 3. The number of para-hydroxylation sites is 1. The van der Waals surface area contributed by atoms with Gasteiger partial charge in [-0.1, -0.05) is 12.1 Å². The standard InChI is InChI=1S/C25H26N2O6/c1-4-32-20-8-5-7-16-14-21(33-22(16)20)15(2)26-23(28)17-9-10-18-19(13-17)25(30)27(24(18)29)11-6-12-31-3/h5,7-10,13-15H,4,6,11-12H2,1-3H3,(H,26,28). The third-order valence-electron chi connectivity index (χ3n) is 5.56. The zero-order chi connectivity index (χ0) is 23.5. The molecular weight excluding hydrogens is 424 g/mol. The van der Waals surface area contributed by atoms with Crippen molar-refractivity contribution in [2.45, 2.75) is 26.3 Å². The lowest BCUT2D eigenvalue weighted by Gasteiger charge is -2.13. The molecule has 1 unspecified atom stereocenters. The number of ether oxygens (including phenoxy) is 2. The highest BCUT2D eigenvalue weighted by Crippen LogP contribution is 2.31. The van der Waals surface area contributed by atoms with E-state index in [9.17, 15) is 14.4 Å². The molecule has 3 amide bonds. The molecule has 8 heteroatoms. The summed E-state index contributed by atoms with van der Waals surface area (Å²) < 4.78 is 16.6. The third-order valence-corrected chi connectivity index (χ3v) is 5.56. The third kappa shape index (κ3) is 4.34. The van der Waals surface area contributed by atoms with Crippen LogP contribution >= 0.6 is 0 Å². The number of carbonyl (C=O) groups is 3. The first-order valence-corrected chi connectivity index (χ1v) is 10.9. The first-order valence-electron chi connectivity index (χ1n) is 10.9. The molecule has 0 radical (unpaired) electrons. The first-order chi connectivity index (χ1) is 15.9. The minimum Gasteiger partial charge on any atom is -0.490 e. The van der Waals surface area contributed by atoms with Crippen LogP contribution in [0.15, 0.2) is 46.9 Å². The van der Waals surface area contributed by atoms with Gasteiger partial charge < -0.3 is 19.2 Å². The summed E-state index contributed by atoms with van der Waals surface area (Å²) in [6, 6.07) is 11.6. The van der Waals surface area contributed by atoms with Crippen LogP contribution in [0.2, 0.25) is 0 Å². The summed E-state index contributed by atoms with van der Waals surface area (Å²) in [5, 5.41) is 3.78. The summed E-state index contributed by atoms with van der Waals surface area (Å²) in [5.74, 6) is 0.126. The maximum Gasteiger partial charge on any atom is 0.261 e. The molecule has 0 saturated heterocycles. The molecule has 1 aliphatic heterocycles. The number of carbonyl (C=O) groups excluding carboxylic acids is 3. The maximum absolute atomic E-state index is 12.9. The van der Waals surface area contributed by atoms with Crippen molar-refractivity contribution >= 4 is 28.7 Å². The van der Waals surface area contributed by atoms with Crippen molar-refractivity contribution in [1.82, 2.24) is 10.2 Å². The van der Waals surface area contributed by atoms with Crippen LogP contribution in [-0.2, 0) is 4.74 Å². The summed E-state index contributed by atoms with van der Waals surface area (Å²) >= 11 is 0. The van der Waals surface area contributed by atoms with E-state index in [1.165, 1.54) is 17.0 Å². The van der Waals surface area contributed by atoms with Crippen LogP contribution in [0.1, 0.15) is 63.1 Å². The Morgan fingerprint density at radius 2 is 1.91 bits per heavy atom. The molecule has 4 rings (SSSR count). The fourth-order valence-electron chi connectivity index (χ4n) is 3.89. The second kappa shape index (κ2) is 9.46. The molecule has 172 valence electrons. The molecule has 1 aliphatic rings. The minimum atomic E-state index is -0.421. The molecule has 2 aromatic carbocycles. The summed E-state index contributed by atoms with van der Waals surface area (Å²) in [4.78, 5) is 39.3. The summed E-state index contributed by atoms with van der Waals surface area (Å²) in [5.41, 5.74) is 1.47. The molecule has 0 spiro atoms. The Morgan fingerprint density at radius 3 is 2.67 bits per heavy atom. The van der Waals surface area contributed by atoms with Crippen molar-refractivity contribution in [2.24, 2.45) is 0 Å². The van der Waals surface area contributed by atoms with Crippen LogP contribution in [0.4, 0.5) is 0 Å². The molecule has 0 bridgehead atoms. The lowest BCUT2D eigenvalue weighted by atomic mass is 10.0. The predicted molar refractivity (Wildman–Crippen MR) is 122 cm³/mol. The molecule has 3 aromatic rings. The van der Waals surface area contributed by atoms with Gasteiger partial charge in [-0.05, 0) is 50.6 Å². The van der Waals surface area contributed by atoms with E-state index in [0.717, 1.165) is 5.39 Å². The van der Waals surface area contributed by atoms with Crippen molar-refractivity contribution in [2.75, 3.05) is 26.9 Å². The predicted octanol–water partition coefficient (Wildman–Crippen LogP) is 3.96. The number of benzene rings is 2. The van der Waals surface area contributed by atoms with Gasteiger partial charge in [0.2, 0.25) is 0 Å². The Kier molecular flexibility index (Phi) is 6.46. The van der Waals surface area contributed by atoms with Crippen LogP contribution in [0.25, 0.3) is 11.0 Å². The average molecular weight is 450 g/mol. The number of hydrogen-bond donors (Lipinski definition) is 1. The maximum atomic E-state index is 12.9. The van der Waals surface area contributed by atoms with Crippen LogP contribution < -0.4 is 10.1 Å². The van der Waals surface area contributed by atoms with Crippen LogP contribution in [0.5, 0.6) is 5.75 Å². The fraction of sp³-hybridized carbons (Fsp3) is 0.320. The molecule has 0 aliphatic carbocycles. The van der Waals surface area contributed by atoms with Crippen LogP contribution in [0, 0.1) is 0 Å². The summed E-state index contributed by atoms with van der Waals surface area (Å²) in [7, 11) is 1.57. The Bertz CT molecular complexity index is 1210. The van der Waals surface area contributed by atoms with Gasteiger partial charge in [0.1, 0.15) is 5.76 Å². The number of furan rings is 1. The van der Waals surface area contributed by atoms with Crippen LogP contribution in [-0.4, -0.2) is 49.5 Å². The van der Waals surface area contributed by atoms with Gasteiger partial charge in [-0.3, -0.25) is 19.3 Å². The number of methoxy groups -OCH3 is 1. The molecule has 1 atom stereocenters. The second-order valence-electron chi connectivity index (χ2n) is 7.82. The number of nitrogens with one attached hydrogen (secondary N) is 1. The van der Waals surface area contributed by atoms with E-state index < -0.39 is 11.9 Å². The Balaban J connectivity index is 1.50. The quantitative estimate of drug-likeness (QED) is 0.392. The smallest absolute Gasteiger partial charge is 0.261 e. The zero-order valence-electron chi connectivity index (χ0n) is 18.8. The van der Waals surface area contributed by atoms with Crippen molar-refractivity contribution in [3.05, 3.63) is 64.9 Å². The highest BCUT2D eigenvalue weighted by molar-refractivity contribution is 6.22. The van der Waals surface area contributed by atoms with E-state index in [1.807, 2.05) is 38.1 Å². The lowest BCUT2D eigenvalue weighted by molar-refractivity contribution is 0.0638. The van der Waals surface area contributed by atoms with Crippen molar-refractivity contribution in [3.63, 3.8) is 0 Å². The number of nitrogens with zero attached hydrogens (tertiary/aromatic N) is 1. The number of hydrogen-bond acceptors (Lipinski definition) is 6. The molecular formula is C25H26N2O6. The summed E-state index contributed by atoms with van der Waals surface area (Å²) in [6.07, 6.45) is 0.551. The van der Waals surface area contributed by atoms with Gasteiger partial charge in [0.25, 0.3) is 17.7 Å². The fourth-order valence-corrected chi connectivity index (χ4v) is 3.89. The topological polar surface area (TPSA) is 98.1 Å². The molecule has 1 N–H and O–H groups in total. The molecule has 33 heavy (non-hydrogen) atoms. The Morgan fingerprint density at radius 1 is 1.12 bits per heavy atom. The van der Waals surface area contributed by atoms with E-state index in [4.69, 9.17) is 13.9 Å². The van der Waals surface area contributed by atoms with Gasteiger partial charge >= 0.3 is 0 Å². The van der Waals surface area contributed by atoms with Crippen LogP contribution in [0.3, 0.4) is 0 Å². The highest BCUT2D eigenvalue weighted by atomic mass is 16.5. The number of imide groups is 1. The van der Waals surface area contributed by atoms with Crippen molar-refractivity contribution in [1.29, 1.82) is 0 Å². The average Bonchev–Trinajstić information content (AvgIpc) is 3.35. The minimum absolute atomic E-state index is 0.239. The van der Waals surface area contributed by atoms with Crippen molar-refractivity contribution < 1.29 is 28.3 Å². The number of fused-ring (bicyclic) bond motifs is 2. The van der Waals surface area contributed by atoms with E-state index >= 15 is 0 Å². The normalized spacial score (nSPS) is 14.0. The molecule has 0 saturated carbocycles. The van der Waals surface area contributed by atoms with Gasteiger partial charge in [-0.25, -0.2) is 0 Å². The molecule has 0 fully saturated rings. The van der Waals surface area contributed by atoms with E-state index in [-0.39, 0.29) is 23.9 Å². The van der Waals surface area contributed by atoms with Gasteiger partial charge in [0.15, 0.2) is 11.3 Å². The van der Waals surface area contributed by atoms with Gasteiger partial charge in [-0.2, -0.15) is 0 Å². The first kappa shape index (κ1) is 22.5. The largest absolute Gasteiger partial charge is 0.490 e. The second-order valence-corrected chi connectivity index (χ2v) is 7.82. The number of rotatable bonds is 9. The SMILES string of the molecule is CCOc1cccc2cc(C(C)NC(=O)c3ccc4c(c3)C(=O)N(CCCOC)C4=O)oc12. The Labute approximate surface area is 191 Å². The monoisotopic (exact) mass is 450 g/mol.